The van der Waals surface area contributed by atoms with Crippen LogP contribution in [0.1, 0.15) is 18.4 Å². The van der Waals surface area contributed by atoms with Gasteiger partial charge >= 0.3 is 6.18 Å². The lowest BCUT2D eigenvalue weighted by Crippen LogP contribution is -2.44. The van der Waals surface area contributed by atoms with Gasteiger partial charge in [-0.15, -0.1) is 0 Å². The second-order valence-corrected chi connectivity index (χ2v) is 5.11. The third kappa shape index (κ3) is 2.32. The average Bonchev–Trinajstić information content (AvgIpc) is 3.17. The molecule has 0 amide bonds. The smallest absolute Gasteiger partial charge is 0.299 e. The Balaban J connectivity index is 1.76. The maximum absolute atomic E-state index is 12.8. The number of fused-ring (bicyclic) bond motifs is 1. The molecule has 0 unspecified atom stereocenters. The van der Waals surface area contributed by atoms with Gasteiger partial charge in [-0.3, -0.25) is 5.32 Å². The molecule has 0 spiro atoms. The zero-order valence-corrected chi connectivity index (χ0v) is 10.3. The third-order valence-corrected chi connectivity index (χ3v) is 3.74. The summed E-state index contributed by atoms with van der Waals surface area (Å²) in [4.78, 5) is 0. The summed E-state index contributed by atoms with van der Waals surface area (Å²) in [6.45, 7) is 0.254. The van der Waals surface area contributed by atoms with Crippen molar-refractivity contribution in [2.24, 2.45) is 0 Å². The molecule has 0 heterocycles. The van der Waals surface area contributed by atoms with Gasteiger partial charge in [-0.05, 0) is 35.2 Å². The highest BCUT2D eigenvalue weighted by Crippen LogP contribution is 2.49. The van der Waals surface area contributed by atoms with Gasteiger partial charge in [-0.1, -0.05) is 36.4 Å². The Labute approximate surface area is 109 Å². The van der Waals surface area contributed by atoms with Crippen LogP contribution in [0.2, 0.25) is 0 Å². The zero-order valence-electron chi connectivity index (χ0n) is 10.3. The van der Waals surface area contributed by atoms with Crippen molar-refractivity contribution in [2.75, 3.05) is 0 Å². The molecule has 1 aliphatic rings. The number of benzene rings is 2. The molecule has 19 heavy (non-hydrogen) atoms. The van der Waals surface area contributed by atoms with Crippen LogP contribution in [0.3, 0.4) is 0 Å². The van der Waals surface area contributed by atoms with Gasteiger partial charge in [-0.2, -0.15) is 13.2 Å². The minimum Gasteiger partial charge on any atom is -0.299 e. The van der Waals surface area contributed by atoms with E-state index in [1.807, 2.05) is 42.5 Å². The zero-order chi connectivity index (χ0) is 13.5. The van der Waals surface area contributed by atoms with Crippen LogP contribution in [-0.4, -0.2) is 11.7 Å². The molecule has 2 aromatic carbocycles. The van der Waals surface area contributed by atoms with Crippen LogP contribution in [0.15, 0.2) is 42.5 Å². The van der Waals surface area contributed by atoms with Gasteiger partial charge in [-0.25, -0.2) is 0 Å². The standard InChI is InChI=1S/C15H14F3N/c16-15(17,18)14(7-8-14)19-10-11-5-6-12-3-1-2-4-13(12)9-11/h1-6,9,19H,7-8,10H2. The number of hydrogen-bond donors (Lipinski definition) is 1. The Hall–Kier alpha value is -1.55. The van der Waals surface area contributed by atoms with E-state index in [2.05, 4.69) is 5.32 Å². The molecule has 0 bridgehead atoms. The first kappa shape index (κ1) is 12.5. The molecule has 1 aliphatic carbocycles. The molecule has 4 heteroatoms. The van der Waals surface area contributed by atoms with Crippen molar-refractivity contribution in [3.05, 3.63) is 48.0 Å². The Kier molecular flexibility index (Phi) is 2.78. The van der Waals surface area contributed by atoms with Crippen molar-refractivity contribution in [2.45, 2.75) is 31.1 Å². The summed E-state index contributed by atoms with van der Waals surface area (Å²) < 4.78 is 38.4. The molecular weight excluding hydrogens is 251 g/mol. The Bertz CT molecular complexity index is 600. The van der Waals surface area contributed by atoms with E-state index in [0.717, 1.165) is 16.3 Å². The summed E-state index contributed by atoms with van der Waals surface area (Å²) in [5.41, 5.74) is -0.757. The number of alkyl halides is 3. The lowest BCUT2D eigenvalue weighted by Gasteiger charge is -2.20. The van der Waals surface area contributed by atoms with Crippen molar-refractivity contribution in [1.29, 1.82) is 0 Å². The van der Waals surface area contributed by atoms with Gasteiger partial charge in [0.2, 0.25) is 0 Å². The van der Waals surface area contributed by atoms with Gasteiger partial charge in [0.25, 0.3) is 0 Å². The Morgan fingerprint density at radius 1 is 1.00 bits per heavy atom. The Morgan fingerprint density at radius 2 is 1.68 bits per heavy atom. The quantitative estimate of drug-likeness (QED) is 0.883. The van der Waals surface area contributed by atoms with E-state index in [4.69, 9.17) is 0 Å². The van der Waals surface area contributed by atoms with Crippen LogP contribution in [0, 0.1) is 0 Å². The Morgan fingerprint density at radius 3 is 2.32 bits per heavy atom. The first-order valence-electron chi connectivity index (χ1n) is 6.30. The minimum absolute atomic E-state index is 0.185. The van der Waals surface area contributed by atoms with Crippen LogP contribution in [-0.2, 0) is 6.54 Å². The van der Waals surface area contributed by atoms with Crippen molar-refractivity contribution in [3.8, 4) is 0 Å². The second-order valence-electron chi connectivity index (χ2n) is 5.11. The minimum atomic E-state index is -4.15. The van der Waals surface area contributed by atoms with E-state index < -0.39 is 11.7 Å². The van der Waals surface area contributed by atoms with Crippen LogP contribution < -0.4 is 5.32 Å². The lowest BCUT2D eigenvalue weighted by atomic mass is 10.1. The molecular formula is C15H14F3N. The highest BCUT2D eigenvalue weighted by atomic mass is 19.4. The van der Waals surface area contributed by atoms with Gasteiger partial charge in [0.15, 0.2) is 0 Å². The highest BCUT2D eigenvalue weighted by Gasteiger charge is 2.62. The first-order chi connectivity index (χ1) is 9.00. The summed E-state index contributed by atoms with van der Waals surface area (Å²) >= 11 is 0. The molecule has 1 fully saturated rings. The van der Waals surface area contributed by atoms with E-state index >= 15 is 0 Å². The first-order valence-corrected chi connectivity index (χ1v) is 6.30. The number of hydrogen-bond acceptors (Lipinski definition) is 1. The number of rotatable bonds is 3. The van der Waals surface area contributed by atoms with Crippen molar-refractivity contribution < 1.29 is 13.2 Å². The van der Waals surface area contributed by atoms with Gasteiger partial charge in [0, 0.05) is 6.54 Å². The second kappa shape index (κ2) is 4.23. The van der Waals surface area contributed by atoms with E-state index in [9.17, 15) is 13.2 Å². The van der Waals surface area contributed by atoms with Crippen LogP contribution >= 0.6 is 0 Å². The van der Waals surface area contributed by atoms with Crippen LogP contribution in [0.4, 0.5) is 13.2 Å². The SMILES string of the molecule is FC(F)(F)C1(NCc2ccc3ccccc3c2)CC1. The molecule has 0 saturated heterocycles. The fourth-order valence-electron chi connectivity index (χ4n) is 2.31. The normalized spacial score (nSPS) is 17.6. The van der Waals surface area contributed by atoms with Gasteiger partial charge < -0.3 is 0 Å². The van der Waals surface area contributed by atoms with E-state index in [1.165, 1.54) is 0 Å². The summed E-state index contributed by atoms with van der Waals surface area (Å²) in [6, 6.07) is 13.6. The summed E-state index contributed by atoms with van der Waals surface area (Å²) in [5, 5.41) is 4.82. The molecule has 1 saturated carbocycles. The summed E-state index contributed by atoms with van der Waals surface area (Å²) in [6.07, 6.45) is -3.78. The summed E-state index contributed by atoms with van der Waals surface area (Å²) in [7, 11) is 0. The van der Waals surface area contributed by atoms with Gasteiger partial charge in [0.05, 0.1) is 0 Å². The molecule has 1 nitrogen and oxygen atoms in total. The van der Waals surface area contributed by atoms with Crippen LogP contribution in [0.5, 0.6) is 0 Å². The molecule has 2 aromatic rings. The number of nitrogens with one attached hydrogen (secondary N) is 1. The van der Waals surface area contributed by atoms with Gasteiger partial charge in [0.1, 0.15) is 5.54 Å². The van der Waals surface area contributed by atoms with E-state index in [-0.39, 0.29) is 19.4 Å². The van der Waals surface area contributed by atoms with Crippen molar-refractivity contribution in [1.82, 2.24) is 5.32 Å². The van der Waals surface area contributed by atoms with Crippen molar-refractivity contribution in [3.63, 3.8) is 0 Å². The van der Waals surface area contributed by atoms with Crippen molar-refractivity contribution >= 4 is 10.8 Å². The molecule has 100 valence electrons. The molecule has 0 atom stereocenters. The molecule has 0 aliphatic heterocycles. The topological polar surface area (TPSA) is 12.0 Å². The fraction of sp³-hybridized carbons (Fsp3) is 0.333. The predicted octanol–water partition coefficient (Wildman–Crippen LogP) is 4.02. The fourth-order valence-corrected chi connectivity index (χ4v) is 2.31. The number of halogens is 3. The molecule has 0 radical (unpaired) electrons. The molecule has 1 N–H and O–H groups in total. The monoisotopic (exact) mass is 265 g/mol. The highest BCUT2D eigenvalue weighted by molar-refractivity contribution is 5.82. The van der Waals surface area contributed by atoms with Crippen LogP contribution in [0.25, 0.3) is 10.8 Å². The molecule has 3 rings (SSSR count). The third-order valence-electron chi connectivity index (χ3n) is 3.74. The van der Waals surface area contributed by atoms with E-state index in [1.54, 1.807) is 0 Å². The largest absolute Gasteiger partial charge is 0.406 e. The maximum atomic E-state index is 12.8. The predicted molar refractivity (Wildman–Crippen MR) is 68.8 cm³/mol. The average molecular weight is 265 g/mol. The summed E-state index contributed by atoms with van der Waals surface area (Å²) in [5.74, 6) is 0. The van der Waals surface area contributed by atoms with E-state index in [0.29, 0.717) is 0 Å². The molecule has 0 aromatic heterocycles. The lowest BCUT2D eigenvalue weighted by molar-refractivity contribution is -0.166. The maximum Gasteiger partial charge on any atom is 0.406 e.